The number of aliphatic hydroxyl groups is 2. The molecule has 0 radical (unpaired) electrons. The zero-order valence-corrected chi connectivity index (χ0v) is 23.4. The predicted octanol–water partition coefficient (Wildman–Crippen LogP) is 2.18. The number of aldehydes is 1. The second kappa shape index (κ2) is 13.5. The number of allylic oxidation sites excluding steroid dienone is 1. The van der Waals surface area contributed by atoms with Gasteiger partial charge in [-0.2, -0.15) is 0 Å². The molecule has 2 aromatic carbocycles. The van der Waals surface area contributed by atoms with Crippen LogP contribution in [0.4, 0.5) is 0 Å². The molecule has 0 spiro atoms. The van der Waals surface area contributed by atoms with E-state index < -0.39 is 30.1 Å². The zero-order chi connectivity index (χ0) is 29.5. The molecule has 0 saturated heterocycles. The number of carbonyl (C=O) groups is 3. The third kappa shape index (κ3) is 6.28. The largest absolute Gasteiger partial charge is 0.497 e. The van der Waals surface area contributed by atoms with E-state index in [1.165, 1.54) is 24.2 Å². The SMILES string of the molecule is CCC=CC(=O)N(CCc1cccc(OC)c1)C1C=C(C(=O)NCCO)C2c3cc(C=O)cc(OC)c3OC2C1O. The van der Waals surface area contributed by atoms with Gasteiger partial charge in [-0.15, -0.1) is 0 Å². The van der Waals surface area contributed by atoms with Crippen LogP contribution in [0, 0.1) is 0 Å². The maximum absolute atomic E-state index is 13.5. The molecule has 218 valence electrons. The van der Waals surface area contributed by atoms with E-state index in [9.17, 15) is 24.6 Å². The second-order valence-corrected chi connectivity index (χ2v) is 9.85. The number of amides is 2. The Bertz CT molecular complexity index is 1340. The molecule has 0 saturated carbocycles. The first-order chi connectivity index (χ1) is 19.9. The Morgan fingerprint density at radius 2 is 1.98 bits per heavy atom. The van der Waals surface area contributed by atoms with Crippen molar-refractivity contribution in [3.8, 4) is 17.2 Å². The smallest absolute Gasteiger partial charge is 0.247 e. The zero-order valence-electron chi connectivity index (χ0n) is 23.4. The van der Waals surface area contributed by atoms with Crippen LogP contribution >= 0.6 is 0 Å². The summed E-state index contributed by atoms with van der Waals surface area (Å²) in [5.41, 5.74) is 2.06. The van der Waals surface area contributed by atoms with Crippen molar-refractivity contribution in [3.05, 3.63) is 76.9 Å². The van der Waals surface area contributed by atoms with Crippen molar-refractivity contribution in [3.63, 3.8) is 0 Å². The van der Waals surface area contributed by atoms with E-state index >= 15 is 0 Å². The number of ether oxygens (including phenoxy) is 3. The van der Waals surface area contributed by atoms with Crippen molar-refractivity contribution in [1.29, 1.82) is 0 Å². The molecule has 41 heavy (non-hydrogen) atoms. The normalized spacial score (nSPS) is 20.9. The van der Waals surface area contributed by atoms with Crippen LogP contribution in [0.5, 0.6) is 17.2 Å². The van der Waals surface area contributed by atoms with Gasteiger partial charge in [-0.1, -0.05) is 25.1 Å². The first-order valence-corrected chi connectivity index (χ1v) is 13.6. The van der Waals surface area contributed by atoms with Gasteiger partial charge in [0.2, 0.25) is 11.8 Å². The van der Waals surface area contributed by atoms with Gasteiger partial charge in [-0.05, 0) is 54.8 Å². The number of methoxy groups -OCH3 is 2. The Labute approximate surface area is 239 Å². The third-order valence-corrected chi connectivity index (χ3v) is 7.33. The highest BCUT2D eigenvalue weighted by atomic mass is 16.5. The number of aliphatic hydroxyl groups excluding tert-OH is 2. The molecule has 10 nitrogen and oxygen atoms in total. The first-order valence-electron chi connectivity index (χ1n) is 13.6. The topological polar surface area (TPSA) is 135 Å². The van der Waals surface area contributed by atoms with E-state index in [-0.39, 0.29) is 31.2 Å². The quantitative estimate of drug-likeness (QED) is 0.264. The minimum atomic E-state index is -1.21. The van der Waals surface area contributed by atoms with Crippen LogP contribution in [0.15, 0.2) is 60.2 Å². The maximum atomic E-state index is 13.5. The molecule has 0 bridgehead atoms. The van der Waals surface area contributed by atoms with Gasteiger partial charge in [0.15, 0.2) is 11.5 Å². The number of hydrogen-bond donors (Lipinski definition) is 3. The van der Waals surface area contributed by atoms with E-state index in [0.29, 0.717) is 47.5 Å². The molecular weight excluding hydrogens is 528 g/mol. The summed E-state index contributed by atoms with van der Waals surface area (Å²) in [4.78, 5) is 40.1. The van der Waals surface area contributed by atoms with Gasteiger partial charge >= 0.3 is 0 Å². The van der Waals surface area contributed by atoms with Crippen molar-refractivity contribution < 1.29 is 38.8 Å². The molecule has 0 fully saturated rings. The highest BCUT2D eigenvalue weighted by Gasteiger charge is 2.51. The van der Waals surface area contributed by atoms with Crippen LogP contribution in [-0.4, -0.2) is 85.4 Å². The molecule has 1 aliphatic heterocycles. The van der Waals surface area contributed by atoms with Gasteiger partial charge in [-0.25, -0.2) is 0 Å². The maximum Gasteiger partial charge on any atom is 0.247 e. The van der Waals surface area contributed by atoms with Crippen LogP contribution in [0.1, 0.15) is 40.7 Å². The Hall–Kier alpha value is -4.15. The molecule has 1 aliphatic carbocycles. The summed E-state index contributed by atoms with van der Waals surface area (Å²) >= 11 is 0. The van der Waals surface area contributed by atoms with Crippen molar-refractivity contribution in [1.82, 2.24) is 10.2 Å². The molecule has 4 atom stereocenters. The average Bonchev–Trinajstić information content (AvgIpc) is 3.39. The number of hydrogen-bond acceptors (Lipinski definition) is 8. The van der Waals surface area contributed by atoms with Crippen LogP contribution in [0.25, 0.3) is 0 Å². The molecule has 2 amide bonds. The minimum Gasteiger partial charge on any atom is -0.497 e. The standard InChI is InChI=1S/C31H36N2O8/c1-4-5-9-26(36)33(12-10-19-7-6-8-21(14-19)39-2)24-17-23(31(38)32-11-13-34)27-22-15-20(18-35)16-25(40-3)29(22)41-30(27)28(24)37/h5-9,14-18,24,27-28,30,34,37H,4,10-13H2,1-3H3,(H,32,38). The lowest BCUT2D eigenvalue weighted by Crippen LogP contribution is -2.56. The number of benzene rings is 2. The Morgan fingerprint density at radius 3 is 2.66 bits per heavy atom. The first kappa shape index (κ1) is 29.8. The number of rotatable bonds is 12. The summed E-state index contributed by atoms with van der Waals surface area (Å²) in [7, 11) is 3.03. The fourth-order valence-corrected chi connectivity index (χ4v) is 5.36. The van der Waals surface area contributed by atoms with Crippen molar-refractivity contribution in [2.24, 2.45) is 0 Å². The van der Waals surface area contributed by atoms with Gasteiger partial charge in [0.05, 0.1) is 32.8 Å². The molecule has 10 heteroatoms. The number of nitrogens with one attached hydrogen (secondary N) is 1. The van der Waals surface area contributed by atoms with E-state index in [2.05, 4.69) is 5.32 Å². The summed E-state index contributed by atoms with van der Waals surface area (Å²) < 4.78 is 17.0. The van der Waals surface area contributed by atoms with Gasteiger partial charge in [0, 0.05) is 29.8 Å². The van der Waals surface area contributed by atoms with E-state index in [1.54, 1.807) is 25.3 Å². The lowest BCUT2D eigenvalue weighted by atomic mass is 9.77. The van der Waals surface area contributed by atoms with Crippen molar-refractivity contribution in [2.75, 3.05) is 33.9 Å². The van der Waals surface area contributed by atoms with E-state index in [0.717, 1.165) is 5.56 Å². The van der Waals surface area contributed by atoms with Crippen LogP contribution in [0.2, 0.25) is 0 Å². The van der Waals surface area contributed by atoms with Gasteiger partial charge in [-0.3, -0.25) is 14.4 Å². The third-order valence-electron chi connectivity index (χ3n) is 7.33. The summed E-state index contributed by atoms with van der Waals surface area (Å²) in [5.74, 6) is -0.203. The van der Waals surface area contributed by atoms with Crippen LogP contribution < -0.4 is 19.5 Å². The molecule has 1 heterocycles. The molecule has 2 aliphatic rings. The Kier molecular flexibility index (Phi) is 9.80. The number of carbonyl (C=O) groups excluding carboxylic acids is 3. The summed E-state index contributed by atoms with van der Waals surface area (Å²) in [5, 5.41) is 23.7. The van der Waals surface area contributed by atoms with Gasteiger partial charge < -0.3 is 34.6 Å². The minimum absolute atomic E-state index is 0.0178. The van der Waals surface area contributed by atoms with Crippen molar-refractivity contribution in [2.45, 2.75) is 43.9 Å². The van der Waals surface area contributed by atoms with Gasteiger partial charge in [0.1, 0.15) is 24.2 Å². The van der Waals surface area contributed by atoms with Crippen LogP contribution in [0.3, 0.4) is 0 Å². The lowest BCUT2D eigenvalue weighted by molar-refractivity contribution is -0.132. The lowest BCUT2D eigenvalue weighted by Gasteiger charge is -2.40. The molecule has 4 rings (SSSR count). The van der Waals surface area contributed by atoms with E-state index in [1.807, 2.05) is 31.2 Å². The second-order valence-electron chi connectivity index (χ2n) is 9.85. The average molecular weight is 565 g/mol. The number of fused-ring (bicyclic) bond motifs is 3. The van der Waals surface area contributed by atoms with Crippen LogP contribution in [-0.2, 0) is 16.0 Å². The van der Waals surface area contributed by atoms with Gasteiger partial charge in [0.25, 0.3) is 0 Å². The summed E-state index contributed by atoms with van der Waals surface area (Å²) in [6.45, 7) is 1.91. The molecule has 0 aromatic heterocycles. The fraction of sp³-hybridized carbons (Fsp3) is 0.387. The molecule has 3 N–H and O–H groups in total. The predicted molar refractivity (Wildman–Crippen MR) is 151 cm³/mol. The summed E-state index contributed by atoms with van der Waals surface area (Å²) in [6.07, 6.45) is 4.45. The number of nitrogens with zero attached hydrogens (tertiary/aromatic N) is 1. The fourth-order valence-electron chi connectivity index (χ4n) is 5.36. The van der Waals surface area contributed by atoms with E-state index in [4.69, 9.17) is 14.2 Å². The molecular formula is C31H36N2O8. The van der Waals surface area contributed by atoms with Crippen molar-refractivity contribution >= 4 is 18.1 Å². The highest BCUT2D eigenvalue weighted by Crippen LogP contribution is 2.51. The Balaban J connectivity index is 1.77. The Morgan fingerprint density at radius 1 is 1.17 bits per heavy atom. The molecule has 2 aromatic rings. The monoisotopic (exact) mass is 564 g/mol. The highest BCUT2D eigenvalue weighted by molar-refractivity contribution is 5.97. The molecule has 4 unspecified atom stereocenters. The summed E-state index contributed by atoms with van der Waals surface area (Å²) in [6, 6.07) is 9.75.